The van der Waals surface area contributed by atoms with Crippen LogP contribution in [0.4, 0.5) is 0 Å². The Kier molecular flexibility index (Phi) is 2.87. The van der Waals surface area contributed by atoms with E-state index in [2.05, 4.69) is 29.0 Å². The lowest BCUT2D eigenvalue weighted by Crippen LogP contribution is -2.35. The maximum absolute atomic E-state index is 5.91. The Bertz CT molecular complexity index is 464. The quantitative estimate of drug-likeness (QED) is 0.837. The highest BCUT2D eigenvalue weighted by atomic mass is 15.3. The lowest BCUT2D eigenvalue weighted by atomic mass is 9.81. The summed E-state index contributed by atoms with van der Waals surface area (Å²) in [5.74, 6) is 0.942. The molecule has 2 aromatic heterocycles. The van der Waals surface area contributed by atoms with E-state index in [9.17, 15) is 0 Å². The highest BCUT2D eigenvalue weighted by molar-refractivity contribution is 5.35. The first-order valence-corrected chi connectivity index (χ1v) is 5.62. The molecule has 0 unspecified atom stereocenters. The predicted molar refractivity (Wildman–Crippen MR) is 62.1 cm³/mol. The zero-order valence-corrected chi connectivity index (χ0v) is 9.72. The van der Waals surface area contributed by atoms with Crippen molar-refractivity contribution in [3.05, 3.63) is 24.4 Å². The maximum atomic E-state index is 5.91. The first kappa shape index (κ1) is 11.0. The molecule has 86 valence electrons. The Balaban J connectivity index is 2.61. The monoisotopic (exact) mass is 219 g/mol. The second-order valence-electron chi connectivity index (χ2n) is 4.02. The molecule has 0 saturated carbocycles. The second-order valence-corrected chi connectivity index (χ2v) is 4.02. The Morgan fingerprint density at radius 2 is 2.06 bits per heavy atom. The minimum atomic E-state index is -0.0826. The molecule has 0 fully saturated rings. The van der Waals surface area contributed by atoms with Gasteiger partial charge in [-0.25, -0.2) is 0 Å². The van der Waals surface area contributed by atoms with E-state index in [1.54, 1.807) is 12.4 Å². The van der Waals surface area contributed by atoms with Crippen molar-refractivity contribution in [1.29, 1.82) is 0 Å². The minimum absolute atomic E-state index is 0.0826. The molecule has 0 aliphatic rings. The molecule has 0 saturated heterocycles. The summed E-state index contributed by atoms with van der Waals surface area (Å²) < 4.78 is 1.98. The molecule has 0 radical (unpaired) electrons. The molecule has 2 aromatic rings. The molecule has 0 atom stereocenters. The van der Waals surface area contributed by atoms with Crippen LogP contribution in [0, 0.1) is 0 Å². The van der Waals surface area contributed by atoms with Crippen molar-refractivity contribution in [2.75, 3.05) is 6.54 Å². The average Bonchev–Trinajstić information content (AvgIpc) is 2.77. The number of hydrogen-bond acceptors (Lipinski definition) is 4. The predicted octanol–water partition coefficient (Wildman–Crippen LogP) is 1.14. The van der Waals surface area contributed by atoms with Gasteiger partial charge in [0.2, 0.25) is 0 Å². The molecule has 0 bridgehead atoms. The van der Waals surface area contributed by atoms with Crippen LogP contribution in [0.5, 0.6) is 0 Å². The SMILES string of the molecule is CCC(CC)(CN)c1nnc2cnccn12. The van der Waals surface area contributed by atoms with Crippen molar-refractivity contribution in [3.63, 3.8) is 0 Å². The van der Waals surface area contributed by atoms with Gasteiger partial charge < -0.3 is 5.73 Å². The molecular weight excluding hydrogens is 202 g/mol. The molecule has 2 N–H and O–H groups in total. The van der Waals surface area contributed by atoms with Gasteiger partial charge in [0.1, 0.15) is 5.82 Å². The largest absolute Gasteiger partial charge is 0.329 e. The van der Waals surface area contributed by atoms with Gasteiger partial charge in [0.05, 0.1) is 6.20 Å². The number of hydrogen-bond donors (Lipinski definition) is 1. The van der Waals surface area contributed by atoms with Crippen molar-refractivity contribution in [2.45, 2.75) is 32.1 Å². The molecule has 2 rings (SSSR count). The van der Waals surface area contributed by atoms with Gasteiger partial charge in [-0.05, 0) is 12.8 Å². The van der Waals surface area contributed by atoms with Crippen LogP contribution in [0.1, 0.15) is 32.5 Å². The van der Waals surface area contributed by atoms with Crippen molar-refractivity contribution in [1.82, 2.24) is 19.6 Å². The second kappa shape index (κ2) is 4.17. The van der Waals surface area contributed by atoms with E-state index in [-0.39, 0.29) is 5.41 Å². The van der Waals surface area contributed by atoms with Crippen LogP contribution in [-0.2, 0) is 5.41 Å². The fraction of sp³-hybridized carbons (Fsp3) is 0.545. The van der Waals surface area contributed by atoms with Gasteiger partial charge in [-0.1, -0.05) is 13.8 Å². The molecule has 0 aliphatic carbocycles. The highest BCUT2D eigenvalue weighted by Crippen LogP contribution is 2.28. The number of aromatic nitrogens is 4. The summed E-state index contributed by atoms with van der Waals surface area (Å²) >= 11 is 0. The lowest BCUT2D eigenvalue weighted by Gasteiger charge is -2.27. The summed E-state index contributed by atoms with van der Waals surface area (Å²) in [6, 6.07) is 0. The highest BCUT2D eigenvalue weighted by Gasteiger charge is 2.31. The third kappa shape index (κ3) is 1.48. The van der Waals surface area contributed by atoms with Crippen LogP contribution in [0.15, 0.2) is 18.6 Å². The van der Waals surface area contributed by atoms with Gasteiger partial charge >= 0.3 is 0 Å². The van der Waals surface area contributed by atoms with Crippen molar-refractivity contribution in [3.8, 4) is 0 Å². The standard InChI is InChI=1S/C11H17N5/c1-3-11(4-2,8-12)10-15-14-9-7-13-5-6-16(9)10/h5-7H,3-4,8,12H2,1-2H3. The van der Waals surface area contributed by atoms with Crippen LogP contribution in [0.3, 0.4) is 0 Å². The van der Waals surface area contributed by atoms with Crippen LogP contribution in [-0.4, -0.2) is 26.1 Å². The van der Waals surface area contributed by atoms with E-state index in [1.807, 2.05) is 10.6 Å². The Labute approximate surface area is 94.7 Å². The van der Waals surface area contributed by atoms with Crippen molar-refractivity contribution >= 4 is 5.65 Å². The maximum Gasteiger partial charge on any atom is 0.179 e. The summed E-state index contributed by atoms with van der Waals surface area (Å²) in [5, 5.41) is 8.40. The zero-order valence-electron chi connectivity index (χ0n) is 9.72. The molecule has 0 aromatic carbocycles. The van der Waals surface area contributed by atoms with Crippen LogP contribution in [0.25, 0.3) is 5.65 Å². The molecule has 16 heavy (non-hydrogen) atoms. The summed E-state index contributed by atoms with van der Waals surface area (Å²) in [4.78, 5) is 4.03. The third-order valence-corrected chi connectivity index (χ3v) is 3.43. The Morgan fingerprint density at radius 3 is 2.69 bits per heavy atom. The van der Waals surface area contributed by atoms with Crippen LogP contribution >= 0.6 is 0 Å². The van der Waals surface area contributed by atoms with Crippen LogP contribution in [0.2, 0.25) is 0 Å². The van der Waals surface area contributed by atoms with Crippen molar-refractivity contribution < 1.29 is 0 Å². The normalized spacial score (nSPS) is 12.2. The van der Waals surface area contributed by atoms with Gasteiger partial charge in [-0.3, -0.25) is 9.38 Å². The fourth-order valence-corrected chi connectivity index (χ4v) is 2.06. The summed E-state index contributed by atoms with van der Waals surface area (Å²) in [7, 11) is 0. The van der Waals surface area contributed by atoms with Gasteiger partial charge in [0, 0.05) is 24.4 Å². The van der Waals surface area contributed by atoms with Gasteiger partial charge in [0.25, 0.3) is 0 Å². The Hall–Kier alpha value is -1.49. The Morgan fingerprint density at radius 1 is 1.31 bits per heavy atom. The molecular formula is C11H17N5. The lowest BCUT2D eigenvalue weighted by molar-refractivity contribution is 0.379. The first-order valence-electron chi connectivity index (χ1n) is 5.62. The van der Waals surface area contributed by atoms with Gasteiger partial charge in [0.15, 0.2) is 5.65 Å². The molecule has 0 amide bonds. The van der Waals surface area contributed by atoms with E-state index in [0.29, 0.717) is 6.54 Å². The van der Waals surface area contributed by atoms with E-state index in [1.165, 1.54) is 0 Å². The molecule has 5 nitrogen and oxygen atoms in total. The molecule has 2 heterocycles. The number of rotatable bonds is 4. The number of nitrogens with two attached hydrogens (primary N) is 1. The summed E-state index contributed by atoms with van der Waals surface area (Å²) in [6.45, 7) is 4.86. The molecule has 0 aliphatic heterocycles. The topological polar surface area (TPSA) is 69.1 Å². The van der Waals surface area contributed by atoms with E-state index < -0.39 is 0 Å². The third-order valence-electron chi connectivity index (χ3n) is 3.43. The average molecular weight is 219 g/mol. The smallest absolute Gasteiger partial charge is 0.179 e. The molecule has 5 heteroatoms. The van der Waals surface area contributed by atoms with E-state index in [4.69, 9.17) is 5.73 Å². The zero-order chi connectivity index (χ0) is 11.6. The van der Waals surface area contributed by atoms with Gasteiger partial charge in [-0.2, -0.15) is 0 Å². The summed E-state index contributed by atoms with van der Waals surface area (Å²) in [6.07, 6.45) is 7.27. The van der Waals surface area contributed by atoms with Gasteiger partial charge in [-0.15, -0.1) is 10.2 Å². The molecule has 0 spiro atoms. The minimum Gasteiger partial charge on any atom is -0.329 e. The van der Waals surface area contributed by atoms with E-state index >= 15 is 0 Å². The summed E-state index contributed by atoms with van der Waals surface area (Å²) in [5.41, 5.74) is 6.61. The first-order chi connectivity index (χ1) is 7.77. The number of fused-ring (bicyclic) bond motifs is 1. The van der Waals surface area contributed by atoms with Crippen molar-refractivity contribution in [2.24, 2.45) is 5.73 Å². The van der Waals surface area contributed by atoms with Crippen LogP contribution < -0.4 is 5.73 Å². The number of nitrogens with zero attached hydrogens (tertiary/aromatic N) is 4. The fourth-order valence-electron chi connectivity index (χ4n) is 2.06. The van der Waals surface area contributed by atoms with E-state index in [0.717, 1.165) is 24.3 Å².